The molecule has 0 aromatic heterocycles. The Morgan fingerprint density at radius 1 is 1.10 bits per heavy atom. The second kappa shape index (κ2) is 11.1. The number of hydrogen-bond acceptors (Lipinski definition) is 2. The summed E-state index contributed by atoms with van der Waals surface area (Å²) in [5.74, 6) is 0.615. The first-order chi connectivity index (χ1) is 14.2. The number of aldehydes is 1. The number of benzene rings is 2. The highest BCUT2D eigenvalue weighted by Gasteiger charge is 2.20. The van der Waals surface area contributed by atoms with Gasteiger partial charge >= 0.3 is 0 Å². The first-order valence-corrected chi connectivity index (χ1v) is 11.2. The van der Waals surface area contributed by atoms with E-state index in [1.165, 1.54) is 42.4 Å². The van der Waals surface area contributed by atoms with Crippen molar-refractivity contribution in [3.63, 3.8) is 0 Å². The lowest BCUT2D eigenvalue weighted by Gasteiger charge is -2.17. The standard InChI is InChI=1S/C27H34O2/c1-2-3-4-14-27(29)25-17-15-24(16-18-25)26-13-7-12-23(26)11-6-9-21-8-5-10-22(19-21)20-28/h5,8,10,13,15-20,23,27,29H,2-4,6-7,9,11-12,14H2,1H3/t23-,27?/m0/s1. The molecule has 0 radical (unpaired) electrons. The summed E-state index contributed by atoms with van der Waals surface area (Å²) in [4.78, 5) is 11.0. The number of carbonyl (C=O) groups is 1. The minimum absolute atomic E-state index is 0.342. The summed E-state index contributed by atoms with van der Waals surface area (Å²) in [6, 6.07) is 16.5. The molecule has 2 heteroatoms. The van der Waals surface area contributed by atoms with Gasteiger partial charge in [0.2, 0.25) is 0 Å². The molecule has 1 aliphatic rings. The molecular weight excluding hydrogens is 356 g/mol. The van der Waals surface area contributed by atoms with E-state index in [4.69, 9.17) is 0 Å². The average molecular weight is 391 g/mol. The van der Waals surface area contributed by atoms with Gasteiger partial charge in [-0.05, 0) is 72.8 Å². The molecule has 0 spiro atoms. The topological polar surface area (TPSA) is 37.3 Å². The van der Waals surface area contributed by atoms with E-state index in [2.05, 4.69) is 43.3 Å². The van der Waals surface area contributed by atoms with Crippen molar-refractivity contribution in [3.05, 3.63) is 76.9 Å². The van der Waals surface area contributed by atoms with Crippen molar-refractivity contribution in [2.45, 2.75) is 70.8 Å². The van der Waals surface area contributed by atoms with Crippen molar-refractivity contribution >= 4 is 11.9 Å². The van der Waals surface area contributed by atoms with E-state index >= 15 is 0 Å². The lowest BCUT2D eigenvalue weighted by atomic mass is 9.89. The zero-order valence-electron chi connectivity index (χ0n) is 17.6. The van der Waals surface area contributed by atoms with Crippen LogP contribution in [0.2, 0.25) is 0 Å². The Balaban J connectivity index is 1.54. The molecule has 2 atom stereocenters. The third kappa shape index (κ3) is 6.14. The van der Waals surface area contributed by atoms with E-state index in [9.17, 15) is 9.90 Å². The van der Waals surface area contributed by atoms with E-state index in [-0.39, 0.29) is 6.10 Å². The van der Waals surface area contributed by atoms with Crippen LogP contribution in [0.5, 0.6) is 0 Å². The van der Waals surface area contributed by atoms with E-state index in [0.29, 0.717) is 5.92 Å². The van der Waals surface area contributed by atoms with Crippen LogP contribution >= 0.6 is 0 Å². The van der Waals surface area contributed by atoms with Gasteiger partial charge in [-0.25, -0.2) is 0 Å². The maximum Gasteiger partial charge on any atom is 0.150 e. The molecule has 1 unspecified atom stereocenters. The highest BCUT2D eigenvalue weighted by Crippen LogP contribution is 2.37. The number of hydrogen-bond donors (Lipinski definition) is 1. The van der Waals surface area contributed by atoms with Crippen LogP contribution in [0.25, 0.3) is 5.57 Å². The van der Waals surface area contributed by atoms with Crippen LogP contribution in [-0.2, 0) is 6.42 Å². The lowest BCUT2D eigenvalue weighted by molar-refractivity contribution is 0.112. The van der Waals surface area contributed by atoms with Gasteiger partial charge in [0.25, 0.3) is 0 Å². The predicted molar refractivity (Wildman–Crippen MR) is 121 cm³/mol. The van der Waals surface area contributed by atoms with Crippen molar-refractivity contribution in [2.75, 3.05) is 0 Å². The molecular formula is C27H34O2. The fraction of sp³-hybridized carbons (Fsp3) is 0.444. The van der Waals surface area contributed by atoms with Crippen LogP contribution in [-0.4, -0.2) is 11.4 Å². The highest BCUT2D eigenvalue weighted by atomic mass is 16.3. The zero-order chi connectivity index (χ0) is 20.5. The summed E-state index contributed by atoms with van der Waals surface area (Å²) >= 11 is 0. The smallest absolute Gasteiger partial charge is 0.150 e. The van der Waals surface area contributed by atoms with Crippen molar-refractivity contribution < 1.29 is 9.90 Å². The predicted octanol–water partition coefficient (Wildman–Crippen LogP) is 6.93. The number of aliphatic hydroxyl groups is 1. The fourth-order valence-corrected chi connectivity index (χ4v) is 4.44. The van der Waals surface area contributed by atoms with Crippen LogP contribution in [0.4, 0.5) is 0 Å². The second-order valence-electron chi connectivity index (χ2n) is 8.32. The van der Waals surface area contributed by atoms with Gasteiger partial charge in [-0.3, -0.25) is 4.79 Å². The van der Waals surface area contributed by atoms with E-state index in [0.717, 1.165) is 49.5 Å². The number of allylic oxidation sites excluding steroid dienone is 2. The van der Waals surface area contributed by atoms with Crippen molar-refractivity contribution in [1.29, 1.82) is 0 Å². The first-order valence-electron chi connectivity index (χ1n) is 11.2. The number of aliphatic hydroxyl groups excluding tert-OH is 1. The van der Waals surface area contributed by atoms with Crippen molar-refractivity contribution in [3.8, 4) is 0 Å². The molecule has 0 fully saturated rings. The number of aryl methyl sites for hydroxylation is 1. The van der Waals surface area contributed by atoms with Crippen molar-refractivity contribution in [2.24, 2.45) is 5.92 Å². The largest absolute Gasteiger partial charge is 0.388 e. The normalized spacial score (nSPS) is 17.2. The Morgan fingerprint density at radius 2 is 1.93 bits per heavy atom. The Morgan fingerprint density at radius 3 is 2.69 bits per heavy atom. The van der Waals surface area contributed by atoms with Gasteiger partial charge in [-0.15, -0.1) is 0 Å². The summed E-state index contributed by atoms with van der Waals surface area (Å²) in [7, 11) is 0. The number of unbranched alkanes of at least 4 members (excludes halogenated alkanes) is 2. The van der Waals surface area contributed by atoms with Crippen LogP contribution in [0.15, 0.2) is 54.6 Å². The molecule has 0 saturated carbocycles. The summed E-state index contributed by atoms with van der Waals surface area (Å²) in [5, 5.41) is 10.4. The van der Waals surface area contributed by atoms with E-state index < -0.39 is 0 Å². The first kappa shape index (κ1) is 21.5. The van der Waals surface area contributed by atoms with Crippen LogP contribution in [0, 0.1) is 5.92 Å². The zero-order valence-corrected chi connectivity index (χ0v) is 17.6. The fourth-order valence-electron chi connectivity index (χ4n) is 4.44. The molecule has 2 aromatic carbocycles. The molecule has 2 aromatic rings. The molecule has 29 heavy (non-hydrogen) atoms. The van der Waals surface area contributed by atoms with Gasteiger partial charge < -0.3 is 5.11 Å². The molecule has 0 aliphatic heterocycles. The number of rotatable bonds is 11. The van der Waals surface area contributed by atoms with Crippen molar-refractivity contribution in [1.82, 2.24) is 0 Å². The Kier molecular flexibility index (Phi) is 8.25. The maximum atomic E-state index is 11.0. The summed E-state index contributed by atoms with van der Waals surface area (Å²) in [6.45, 7) is 2.19. The van der Waals surface area contributed by atoms with Crippen LogP contribution in [0.1, 0.15) is 91.4 Å². The van der Waals surface area contributed by atoms with Crippen LogP contribution in [0.3, 0.4) is 0 Å². The summed E-state index contributed by atoms with van der Waals surface area (Å²) < 4.78 is 0. The van der Waals surface area contributed by atoms with Gasteiger partial charge in [0.05, 0.1) is 6.10 Å². The van der Waals surface area contributed by atoms with Crippen LogP contribution < -0.4 is 0 Å². The third-order valence-corrected chi connectivity index (χ3v) is 6.13. The monoisotopic (exact) mass is 390 g/mol. The molecule has 3 rings (SSSR count). The van der Waals surface area contributed by atoms with E-state index in [1.54, 1.807) is 0 Å². The minimum Gasteiger partial charge on any atom is -0.388 e. The summed E-state index contributed by atoms with van der Waals surface area (Å²) in [5.41, 5.74) is 5.83. The van der Waals surface area contributed by atoms with Gasteiger partial charge in [0.15, 0.2) is 0 Å². The SMILES string of the molecule is CCCCCC(O)c1ccc(C2=CCC[C@@H]2CCCc2cccc(C=O)c2)cc1. The Hall–Kier alpha value is -2.19. The quantitative estimate of drug-likeness (QED) is 0.334. The van der Waals surface area contributed by atoms with Gasteiger partial charge in [-0.1, -0.05) is 74.7 Å². The van der Waals surface area contributed by atoms with E-state index in [1.807, 2.05) is 18.2 Å². The van der Waals surface area contributed by atoms with Gasteiger partial charge in [-0.2, -0.15) is 0 Å². The molecule has 1 aliphatic carbocycles. The highest BCUT2D eigenvalue weighted by molar-refractivity contribution is 5.74. The van der Waals surface area contributed by atoms with Gasteiger partial charge in [0, 0.05) is 5.56 Å². The molecule has 2 nitrogen and oxygen atoms in total. The Labute approximate surface area is 175 Å². The Bertz CT molecular complexity index is 804. The third-order valence-electron chi connectivity index (χ3n) is 6.13. The lowest BCUT2D eigenvalue weighted by Crippen LogP contribution is -2.02. The summed E-state index contributed by atoms with van der Waals surface area (Å²) in [6.07, 6.45) is 13.0. The maximum absolute atomic E-state index is 11.0. The molecule has 154 valence electrons. The molecule has 0 bridgehead atoms. The molecule has 0 amide bonds. The minimum atomic E-state index is -0.342. The number of carbonyl (C=O) groups excluding carboxylic acids is 1. The molecule has 0 saturated heterocycles. The molecule has 1 N–H and O–H groups in total. The second-order valence-corrected chi connectivity index (χ2v) is 8.32. The molecule has 0 heterocycles. The average Bonchev–Trinajstić information content (AvgIpc) is 3.22. The van der Waals surface area contributed by atoms with Gasteiger partial charge in [0.1, 0.15) is 6.29 Å².